The SMILES string of the molecule is CC(C)N(CC1CC1)C1(C(=O)O)CCOCC1. The van der Waals surface area contributed by atoms with Gasteiger partial charge in [0.1, 0.15) is 5.54 Å². The molecule has 2 rings (SSSR count). The van der Waals surface area contributed by atoms with Gasteiger partial charge >= 0.3 is 5.97 Å². The van der Waals surface area contributed by atoms with Crippen molar-refractivity contribution in [2.24, 2.45) is 5.92 Å². The fourth-order valence-electron chi connectivity index (χ4n) is 2.79. The van der Waals surface area contributed by atoms with Gasteiger partial charge in [0, 0.05) is 25.8 Å². The number of nitrogens with zero attached hydrogens (tertiary/aromatic N) is 1. The van der Waals surface area contributed by atoms with E-state index >= 15 is 0 Å². The Morgan fingerprint density at radius 2 is 2.00 bits per heavy atom. The molecule has 4 nitrogen and oxygen atoms in total. The minimum Gasteiger partial charge on any atom is -0.480 e. The first-order valence-electron chi connectivity index (χ1n) is 6.64. The van der Waals surface area contributed by atoms with Gasteiger partial charge in [-0.15, -0.1) is 0 Å². The lowest BCUT2D eigenvalue weighted by Crippen LogP contribution is -2.60. The highest BCUT2D eigenvalue weighted by Gasteiger charge is 2.47. The molecule has 0 amide bonds. The predicted molar refractivity (Wildman–Crippen MR) is 65.0 cm³/mol. The number of ether oxygens (including phenoxy) is 1. The zero-order valence-electron chi connectivity index (χ0n) is 10.8. The smallest absolute Gasteiger partial charge is 0.324 e. The van der Waals surface area contributed by atoms with Gasteiger partial charge in [0.25, 0.3) is 0 Å². The van der Waals surface area contributed by atoms with Crippen LogP contribution in [0.25, 0.3) is 0 Å². The zero-order valence-corrected chi connectivity index (χ0v) is 10.8. The number of carbonyl (C=O) groups is 1. The van der Waals surface area contributed by atoms with E-state index < -0.39 is 11.5 Å². The van der Waals surface area contributed by atoms with E-state index in [1.165, 1.54) is 12.8 Å². The molecule has 0 radical (unpaired) electrons. The van der Waals surface area contributed by atoms with Crippen LogP contribution in [0.2, 0.25) is 0 Å². The third kappa shape index (κ3) is 2.63. The first-order chi connectivity index (χ1) is 8.06. The van der Waals surface area contributed by atoms with Gasteiger partial charge in [0.2, 0.25) is 0 Å². The molecule has 1 N–H and O–H groups in total. The van der Waals surface area contributed by atoms with E-state index in [0.717, 1.165) is 12.5 Å². The van der Waals surface area contributed by atoms with Crippen LogP contribution in [-0.4, -0.2) is 47.3 Å². The van der Waals surface area contributed by atoms with Crippen LogP contribution in [0.15, 0.2) is 0 Å². The summed E-state index contributed by atoms with van der Waals surface area (Å²) in [5.74, 6) is 0.0478. The number of hydrogen-bond acceptors (Lipinski definition) is 3. The molecule has 0 aromatic heterocycles. The molecular weight excluding hydrogens is 218 g/mol. The maximum absolute atomic E-state index is 11.7. The standard InChI is InChI=1S/C13H23NO3/c1-10(2)14(9-11-3-4-11)13(12(15)16)5-7-17-8-6-13/h10-11H,3-9H2,1-2H3,(H,15,16). The van der Waals surface area contributed by atoms with Crippen molar-refractivity contribution in [2.75, 3.05) is 19.8 Å². The van der Waals surface area contributed by atoms with Gasteiger partial charge in [-0.25, -0.2) is 0 Å². The van der Waals surface area contributed by atoms with E-state index in [4.69, 9.17) is 4.74 Å². The zero-order chi connectivity index (χ0) is 12.5. The number of carboxylic acids is 1. The molecular formula is C13H23NO3. The normalized spacial score (nSPS) is 24.2. The monoisotopic (exact) mass is 241 g/mol. The van der Waals surface area contributed by atoms with Crippen molar-refractivity contribution < 1.29 is 14.6 Å². The molecule has 0 unspecified atom stereocenters. The molecule has 1 heterocycles. The number of aliphatic carboxylic acids is 1. The largest absolute Gasteiger partial charge is 0.480 e. The summed E-state index contributed by atoms with van der Waals surface area (Å²) in [5, 5.41) is 9.64. The van der Waals surface area contributed by atoms with Gasteiger partial charge in [-0.05, 0) is 45.4 Å². The third-order valence-corrected chi connectivity index (χ3v) is 4.04. The Kier molecular flexibility index (Phi) is 3.73. The van der Waals surface area contributed by atoms with Gasteiger partial charge in [-0.1, -0.05) is 0 Å². The van der Waals surface area contributed by atoms with Crippen LogP contribution in [-0.2, 0) is 9.53 Å². The van der Waals surface area contributed by atoms with Crippen molar-refractivity contribution in [1.82, 2.24) is 4.90 Å². The first-order valence-corrected chi connectivity index (χ1v) is 6.64. The molecule has 0 spiro atoms. The van der Waals surface area contributed by atoms with Gasteiger partial charge in [-0.3, -0.25) is 9.69 Å². The van der Waals surface area contributed by atoms with E-state index in [9.17, 15) is 9.90 Å². The van der Waals surface area contributed by atoms with Gasteiger partial charge in [-0.2, -0.15) is 0 Å². The maximum Gasteiger partial charge on any atom is 0.324 e. The molecule has 2 fully saturated rings. The second-order valence-electron chi connectivity index (χ2n) is 5.64. The molecule has 17 heavy (non-hydrogen) atoms. The molecule has 0 aromatic rings. The summed E-state index contributed by atoms with van der Waals surface area (Å²) < 4.78 is 5.34. The van der Waals surface area contributed by atoms with E-state index in [0.29, 0.717) is 26.1 Å². The fourth-order valence-corrected chi connectivity index (χ4v) is 2.79. The third-order valence-electron chi connectivity index (χ3n) is 4.04. The highest BCUT2D eigenvalue weighted by molar-refractivity contribution is 5.79. The molecule has 0 atom stereocenters. The highest BCUT2D eigenvalue weighted by Crippen LogP contribution is 2.36. The Bertz CT molecular complexity index is 280. The van der Waals surface area contributed by atoms with Crippen LogP contribution >= 0.6 is 0 Å². The summed E-state index contributed by atoms with van der Waals surface area (Å²) in [6.45, 7) is 6.27. The number of rotatable bonds is 5. The van der Waals surface area contributed by atoms with E-state index in [2.05, 4.69) is 18.7 Å². The van der Waals surface area contributed by atoms with Crippen molar-refractivity contribution in [3.63, 3.8) is 0 Å². The Hall–Kier alpha value is -0.610. The summed E-state index contributed by atoms with van der Waals surface area (Å²) in [5.41, 5.74) is -0.686. The Morgan fingerprint density at radius 1 is 1.41 bits per heavy atom. The van der Waals surface area contributed by atoms with Crippen molar-refractivity contribution in [3.05, 3.63) is 0 Å². The number of hydrogen-bond donors (Lipinski definition) is 1. The average Bonchev–Trinajstić information content (AvgIpc) is 3.10. The summed E-state index contributed by atoms with van der Waals surface area (Å²) in [7, 11) is 0. The minimum atomic E-state index is -0.686. The second kappa shape index (κ2) is 4.94. The van der Waals surface area contributed by atoms with Crippen LogP contribution in [0.3, 0.4) is 0 Å². The molecule has 0 bridgehead atoms. The summed E-state index contributed by atoms with van der Waals surface area (Å²) in [6, 6.07) is 0.282. The lowest BCUT2D eigenvalue weighted by atomic mass is 9.86. The van der Waals surface area contributed by atoms with Crippen molar-refractivity contribution in [2.45, 2.75) is 51.1 Å². The highest BCUT2D eigenvalue weighted by atomic mass is 16.5. The summed E-state index contributed by atoms with van der Waals surface area (Å²) >= 11 is 0. The minimum absolute atomic E-state index is 0.282. The number of carboxylic acid groups (broad SMARTS) is 1. The van der Waals surface area contributed by atoms with Gasteiger partial charge in [0.05, 0.1) is 0 Å². The van der Waals surface area contributed by atoms with Crippen LogP contribution in [0.5, 0.6) is 0 Å². The van der Waals surface area contributed by atoms with E-state index in [1.54, 1.807) is 0 Å². The Labute approximate surface area is 103 Å². The van der Waals surface area contributed by atoms with Crippen LogP contribution in [0.4, 0.5) is 0 Å². The van der Waals surface area contributed by atoms with Crippen LogP contribution < -0.4 is 0 Å². The molecule has 1 saturated heterocycles. The lowest BCUT2D eigenvalue weighted by molar-refractivity contribution is -0.161. The van der Waals surface area contributed by atoms with Crippen LogP contribution in [0, 0.1) is 5.92 Å². The summed E-state index contributed by atoms with van der Waals surface area (Å²) in [6.07, 6.45) is 3.76. The lowest BCUT2D eigenvalue weighted by Gasteiger charge is -2.45. The Balaban J connectivity index is 2.17. The molecule has 1 aliphatic heterocycles. The molecule has 98 valence electrons. The van der Waals surface area contributed by atoms with Crippen molar-refractivity contribution >= 4 is 5.97 Å². The fraction of sp³-hybridized carbons (Fsp3) is 0.923. The Morgan fingerprint density at radius 3 is 2.41 bits per heavy atom. The molecule has 4 heteroatoms. The van der Waals surface area contributed by atoms with E-state index in [1.807, 2.05) is 0 Å². The molecule has 0 aromatic carbocycles. The van der Waals surface area contributed by atoms with E-state index in [-0.39, 0.29) is 6.04 Å². The van der Waals surface area contributed by atoms with Gasteiger partial charge in [0.15, 0.2) is 0 Å². The van der Waals surface area contributed by atoms with Crippen molar-refractivity contribution in [3.8, 4) is 0 Å². The molecule has 2 aliphatic rings. The van der Waals surface area contributed by atoms with Gasteiger partial charge < -0.3 is 9.84 Å². The topological polar surface area (TPSA) is 49.8 Å². The molecule has 1 saturated carbocycles. The quantitative estimate of drug-likeness (QED) is 0.796. The molecule has 1 aliphatic carbocycles. The second-order valence-corrected chi connectivity index (χ2v) is 5.64. The first kappa shape index (κ1) is 12.8. The maximum atomic E-state index is 11.7. The predicted octanol–water partition coefficient (Wildman–Crippen LogP) is 1.74. The van der Waals surface area contributed by atoms with Crippen molar-refractivity contribution in [1.29, 1.82) is 0 Å². The van der Waals surface area contributed by atoms with Crippen LogP contribution in [0.1, 0.15) is 39.5 Å². The average molecular weight is 241 g/mol. The summed E-state index contributed by atoms with van der Waals surface area (Å²) in [4.78, 5) is 13.9.